The summed E-state index contributed by atoms with van der Waals surface area (Å²) in [6.07, 6.45) is 0. The van der Waals surface area contributed by atoms with Crippen molar-refractivity contribution in [2.24, 2.45) is 0 Å². The minimum Gasteiger partial charge on any atom is -0.507 e. The third kappa shape index (κ3) is 3.91. The van der Waals surface area contributed by atoms with Crippen molar-refractivity contribution in [2.75, 3.05) is 12.0 Å². The van der Waals surface area contributed by atoms with E-state index in [0.29, 0.717) is 15.8 Å². The number of rotatable bonds is 4. The number of methoxy groups -OCH3 is 1. The highest BCUT2D eigenvalue weighted by Crippen LogP contribution is 2.44. The normalized spacial score (nSPS) is 17.1. The number of Topliss-reactive ketones (excluding diaryl/α,β-unsaturated/α-hetero) is 1. The molecule has 1 atom stereocenters. The van der Waals surface area contributed by atoms with Crippen LogP contribution in [0.25, 0.3) is 16.0 Å². The largest absolute Gasteiger partial charge is 0.507 e. The molecule has 10 heteroatoms. The highest BCUT2D eigenvalue weighted by Gasteiger charge is 2.48. The molecule has 1 aliphatic heterocycles. The van der Waals surface area contributed by atoms with Crippen LogP contribution in [0.4, 0.5) is 13.9 Å². The third-order valence-corrected chi connectivity index (χ3v) is 6.77. The Balaban J connectivity index is 1.70. The molecule has 1 N–H and O–H groups in total. The lowest BCUT2D eigenvalue weighted by Crippen LogP contribution is -2.29. The average molecular weight is 506 g/mol. The summed E-state index contributed by atoms with van der Waals surface area (Å²) in [5.74, 6) is -4.00. The van der Waals surface area contributed by atoms with Gasteiger partial charge in [0.25, 0.3) is 5.78 Å². The van der Waals surface area contributed by atoms with Crippen LogP contribution in [0.1, 0.15) is 27.5 Å². The number of esters is 1. The quantitative estimate of drug-likeness (QED) is 0.181. The molecule has 0 spiro atoms. The van der Waals surface area contributed by atoms with Crippen LogP contribution in [0, 0.1) is 11.6 Å². The van der Waals surface area contributed by atoms with E-state index in [1.165, 1.54) is 61.7 Å². The SMILES string of the molecule is COC(=O)c1ccc([C@H]2C(=C(O)c3ccc(F)cc3)C(=O)C(=O)N2c2nc3ccc(F)cc3s2)cc1. The van der Waals surface area contributed by atoms with Gasteiger partial charge in [-0.15, -0.1) is 0 Å². The van der Waals surface area contributed by atoms with Crippen molar-refractivity contribution in [2.45, 2.75) is 6.04 Å². The van der Waals surface area contributed by atoms with E-state index < -0.39 is 41.1 Å². The number of hydrogen-bond donors (Lipinski definition) is 1. The summed E-state index contributed by atoms with van der Waals surface area (Å²) in [7, 11) is 1.24. The lowest BCUT2D eigenvalue weighted by atomic mass is 9.95. The molecule has 1 fully saturated rings. The van der Waals surface area contributed by atoms with E-state index in [4.69, 9.17) is 4.74 Å². The molecule has 180 valence electrons. The number of anilines is 1. The summed E-state index contributed by atoms with van der Waals surface area (Å²) in [5.41, 5.74) is 0.972. The lowest BCUT2D eigenvalue weighted by molar-refractivity contribution is -0.132. The second kappa shape index (κ2) is 8.97. The smallest absolute Gasteiger partial charge is 0.337 e. The van der Waals surface area contributed by atoms with Gasteiger partial charge in [0.05, 0.1) is 34.5 Å². The molecule has 1 aromatic heterocycles. The van der Waals surface area contributed by atoms with Crippen LogP contribution in [0.15, 0.2) is 72.3 Å². The number of amides is 1. The van der Waals surface area contributed by atoms with Gasteiger partial charge in [-0.25, -0.2) is 18.6 Å². The second-order valence-corrected chi connectivity index (χ2v) is 8.91. The first-order valence-electron chi connectivity index (χ1n) is 10.6. The lowest BCUT2D eigenvalue weighted by Gasteiger charge is -2.23. The predicted molar refractivity (Wildman–Crippen MR) is 129 cm³/mol. The molecule has 36 heavy (non-hydrogen) atoms. The van der Waals surface area contributed by atoms with Gasteiger partial charge < -0.3 is 9.84 Å². The van der Waals surface area contributed by atoms with E-state index in [2.05, 4.69) is 4.98 Å². The van der Waals surface area contributed by atoms with Gasteiger partial charge in [0.2, 0.25) is 0 Å². The number of aliphatic hydroxyl groups is 1. The number of hydrogen-bond acceptors (Lipinski definition) is 7. The molecule has 0 aliphatic carbocycles. The van der Waals surface area contributed by atoms with Crippen LogP contribution in [-0.2, 0) is 14.3 Å². The number of thiazole rings is 1. The van der Waals surface area contributed by atoms with Crippen molar-refractivity contribution >= 4 is 50.1 Å². The maximum Gasteiger partial charge on any atom is 0.337 e. The van der Waals surface area contributed by atoms with Gasteiger partial charge in [0, 0.05) is 5.56 Å². The topological polar surface area (TPSA) is 96.8 Å². The van der Waals surface area contributed by atoms with Crippen LogP contribution in [0.2, 0.25) is 0 Å². The van der Waals surface area contributed by atoms with Crippen molar-refractivity contribution in [1.82, 2.24) is 4.98 Å². The standard InChI is InChI=1S/C26H16F2N2O5S/c1-35-25(34)15-4-2-13(3-5-15)21-20(22(31)14-6-8-16(27)9-7-14)23(32)24(33)30(21)26-29-18-11-10-17(28)12-19(18)36-26/h2-12,21,31H,1H3/t21-/m0/s1. The van der Waals surface area contributed by atoms with Gasteiger partial charge in [-0.05, 0) is 60.2 Å². The van der Waals surface area contributed by atoms with E-state index in [1.54, 1.807) is 0 Å². The van der Waals surface area contributed by atoms with Gasteiger partial charge in [-0.1, -0.05) is 23.5 Å². The molecule has 4 aromatic rings. The molecular formula is C26H16F2N2O5S. The number of benzene rings is 3. The highest BCUT2D eigenvalue weighted by molar-refractivity contribution is 7.22. The van der Waals surface area contributed by atoms with Gasteiger partial charge in [-0.3, -0.25) is 14.5 Å². The summed E-state index contributed by atoms with van der Waals surface area (Å²) >= 11 is 1.01. The minimum absolute atomic E-state index is 0.123. The Hall–Kier alpha value is -4.44. The Kier molecular flexibility index (Phi) is 5.81. The molecular weight excluding hydrogens is 490 g/mol. The van der Waals surface area contributed by atoms with Crippen molar-refractivity contribution in [3.8, 4) is 0 Å². The Bertz CT molecular complexity index is 1560. The summed E-state index contributed by atoms with van der Waals surface area (Å²) in [4.78, 5) is 43.9. The van der Waals surface area contributed by atoms with Gasteiger partial charge in [0.1, 0.15) is 17.4 Å². The zero-order chi connectivity index (χ0) is 25.6. The zero-order valence-electron chi connectivity index (χ0n) is 18.6. The van der Waals surface area contributed by atoms with Crippen LogP contribution in [0.3, 0.4) is 0 Å². The fourth-order valence-electron chi connectivity index (χ4n) is 4.02. The second-order valence-electron chi connectivity index (χ2n) is 7.90. The average Bonchev–Trinajstić information content (AvgIpc) is 3.41. The van der Waals surface area contributed by atoms with Crippen LogP contribution in [-0.4, -0.2) is 34.9 Å². The molecule has 0 radical (unpaired) electrons. The predicted octanol–water partition coefficient (Wildman–Crippen LogP) is 4.99. The Morgan fingerprint density at radius 3 is 2.28 bits per heavy atom. The number of aromatic nitrogens is 1. The van der Waals surface area contributed by atoms with Crippen molar-refractivity contribution in [1.29, 1.82) is 0 Å². The number of carbonyl (C=O) groups excluding carboxylic acids is 3. The molecule has 1 amide bonds. The van der Waals surface area contributed by atoms with E-state index in [-0.39, 0.29) is 21.8 Å². The van der Waals surface area contributed by atoms with E-state index >= 15 is 0 Å². The molecule has 0 bridgehead atoms. The van der Waals surface area contributed by atoms with E-state index in [0.717, 1.165) is 28.4 Å². The first-order chi connectivity index (χ1) is 17.3. The fraction of sp³-hybridized carbons (Fsp3) is 0.0769. The summed E-state index contributed by atoms with van der Waals surface area (Å²) < 4.78 is 32.4. The molecule has 0 saturated carbocycles. The zero-order valence-corrected chi connectivity index (χ0v) is 19.4. The molecule has 1 aliphatic rings. The number of ketones is 1. The number of nitrogens with zero attached hydrogens (tertiary/aromatic N) is 2. The first kappa shape index (κ1) is 23.3. The van der Waals surface area contributed by atoms with Crippen LogP contribution < -0.4 is 4.90 Å². The van der Waals surface area contributed by atoms with E-state index in [1.807, 2.05) is 0 Å². The molecule has 2 heterocycles. The van der Waals surface area contributed by atoms with Gasteiger partial charge in [-0.2, -0.15) is 0 Å². The molecule has 7 nitrogen and oxygen atoms in total. The molecule has 1 saturated heterocycles. The molecule has 3 aromatic carbocycles. The summed E-state index contributed by atoms with van der Waals surface area (Å²) in [6, 6.07) is 13.6. The van der Waals surface area contributed by atoms with Crippen LogP contribution >= 0.6 is 11.3 Å². The van der Waals surface area contributed by atoms with Crippen molar-refractivity contribution < 1.29 is 33.0 Å². The highest BCUT2D eigenvalue weighted by atomic mass is 32.1. The summed E-state index contributed by atoms with van der Waals surface area (Å²) in [5, 5.41) is 11.2. The Morgan fingerprint density at radius 1 is 0.972 bits per heavy atom. The molecule has 5 rings (SSSR count). The number of aliphatic hydroxyl groups excluding tert-OH is 1. The number of carbonyl (C=O) groups is 3. The monoisotopic (exact) mass is 506 g/mol. The summed E-state index contributed by atoms with van der Waals surface area (Å²) in [6.45, 7) is 0. The number of ether oxygens (including phenoxy) is 1. The first-order valence-corrected chi connectivity index (χ1v) is 11.4. The Labute approximate surface area is 206 Å². The third-order valence-electron chi connectivity index (χ3n) is 5.75. The number of halogens is 2. The van der Waals surface area contributed by atoms with Gasteiger partial charge >= 0.3 is 11.9 Å². The maximum atomic E-state index is 13.8. The van der Waals surface area contributed by atoms with Gasteiger partial charge in [0.15, 0.2) is 5.13 Å². The fourth-order valence-corrected chi connectivity index (χ4v) is 5.03. The van der Waals surface area contributed by atoms with Crippen molar-refractivity contribution in [3.63, 3.8) is 0 Å². The van der Waals surface area contributed by atoms with Crippen molar-refractivity contribution in [3.05, 3.63) is 101 Å². The Morgan fingerprint density at radius 2 is 1.61 bits per heavy atom. The minimum atomic E-state index is -1.12. The maximum absolute atomic E-state index is 13.8. The van der Waals surface area contributed by atoms with E-state index in [9.17, 15) is 28.3 Å². The number of fused-ring (bicyclic) bond motifs is 1. The molecule has 0 unspecified atom stereocenters. The van der Waals surface area contributed by atoms with Crippen LogP contribution in [0.5, 0.6) is 0 Å².